The minimum atomic E-state index is 0.133. The van der Waals surface area contributed by atoms with E-state index in [4.69, 9.17) is 9.72 Å². The highest BCUT2D eigenvalue weighted by Crippen LogP contribution is 2.31. The van der Waals surface area contributed by atoms with E-state index in [0.29, 0.717) is 11.6 Å². The molecule has 0 saturated carbocycles. The highest BCUT2D eigenvalue weighted by atomic mass is 16.5. The summed E-state index contributed by atoms with van der Waals surface area (Å²) in [6.07, 6.45) is 5.18. The van der Waals surface area contributed by atoms with Crippen molar-refractivity contribution in [1.29, 1.82) is 5.26 Å². The van der Waals surface area contributed by atoms with Crippen LogP contribution in [-0.4, -0.2) is 79.4 Å². The molecule has 6 rings (SSSR count). The fourth-order valence-corrected chi connectivity index (χ4v) is 6.12. The summed E-state index contributed by atoms with van der Waals surface area (Å²) in [6.45, 7) is 12.0. The molecule has 0 aliphatic carbocycles. The number of nitriles is 1. The quantitative estimate of drug-likeness (QED) is 0.589. The first-order valence-electron chi connectivity index (χ1n) is 13.5. The van der Waals surface area contributed by atoms with E-state index in [2.05, 4.69) is 69.3 Å². The number of nitrogens with zero attached hydrogens (tertiary/aromatic N) is 6. The number of nitrogens with one attached hydrogen (secondary N) is 1. The normalized spacial score (nSPS) is 24.6. The van der Waals surface area contributed by atoms with E-state index in [1.165, 1.54) is 11.1 Å². The molecule has 192 valence electrons. The molecule has 8 heteroatoms. The fraction of sp³-hybridized carbons (Fsp3) is 0.483. The minimum absolute atomic E-state index is 0.133. The zero-order valence-electron chi connectivity index (χ0n) is 21.7. The lowest BCUT2D eigenvalue weighted by atomic mass is 9.97. The maximum atomic E-state index is 9.52. The lowest BCUT2D eigenvalue weighted by Crippen LogP contribution is -2.54. The highest BCUT2D eigenvalue weighted by Gasteiger charge is 2.30. The Bertz CT molecular complexity index is 1310. The first-order valence-corrected chi connectivity index (χ1v) is 13.5. The Labute approximate surface area is 218 Å². The van der Waals surface area contributed by atoms with Crippen LogP contribution in [0.3, 0.4) is 0 Å². The van der Waals surface area contributed by atoms with Crippen LogP contribution in [0.25, 0.3) is 10.9 Å². The van der Waals surface area contributed by atoms with Crippen LogP contribution in [0.4, 0.5) is 11.5 Å². The summed E-state index contributed by atoms with van der Waals surface area (Å²) in [6, 6.07) is 13.0. The van der Waals surface area contributed by atoms with Gasteiger partial charge in [0.25, 0.3) is 0 Å². The molecule has 2 unspecified atom stereocenters. The number of benzene rings is 1. The molecule has 3 atom stereocenters. The predicted octanol–water partition coefficient (Wildman–Crippen LogP) is 3.12. The third-order valence-electron chi connectivity index (χ3n) is 8.01. The van der Waals surface area contributed by atoms with Crippen molar-refractivity contribution in [1.82, 2.24) is 20.2 Å². The maximum Gasteiger partial charge on any atom is 0.128 e. The van der Waals surface area contributed by atoms with Crippen LogP contribution in [0.5, 0.6) is 0 Å². The number of ether oxygens (including phenoxy) is 1. The smallest absolute Gasteiger partial charge is 0.128 e. The summed E-state index contributed by atoms with van der Waals surface area (Å²) in [5, 5.41) is 14.1. The van der Waals surface area contributed by atoms with Crippen LogP contribution in [-0.2, 0) is 11.2 Å². The molecule has 0 spiro atoms. The van der Waals surface area contributed by atoms with Crippen molar-refractivity contribution >= 4 is 22.4 Å². The molecule has 0 radical (unpaired) electrons. The third kappa shape index (κ3) is 4.87. The molecular formula is C29H35N7O. The van der Waals surface area contributed by atoms with Crippen molar-refractivity contribution in [2.24, 2.45) is 0 Å². The lowest BCUT2D eigenvalue weighted by molar-refractivity contribution is -0.0327. The molecule has 2 fully saturated rings. The number of anilines is 2. The second-order valence-corrected chi connectivity index (χ2v) is 10.6. The van der Waals surface area contributed by atoms with Gasteiger partial charge in [0.2, 0.25) is 0 Å². The standard InChI is InChI=1S/C29H35N7O/c1-20-17-36(27-6-5-23(15-30)29-25(27)4-3-8-32-29)19-24(37-20)18-34-10-12-35(13-11-34)28-14-22-7-9-31-21(2)26(22)16-33-28/h3-6,8,14,16,20-21,24,31H,7,9-13,17-19H2,1-2H3/t20?,21-,24?/m1/s1. The van der Waals surface area contributed by atoms with Crippen molar-refractivity contribution in [2.75, 3.05) is 62.2 Å². The molecule has 0 amide bonds. The fourth-order valence-electron chi connectivity index (χ4n) is 6.12. The zero-order chi connectivity index (χ0) is 25.4. The average molecular weight is 498 g/mol. The summed E-state index contributed by atoms with van der Waals surface area (Å²) < 4.78 is 6.40. The van der Waals surface area contributed by atoms with Crippen LogP contribution >= 0.6 is 0 Å². The Morgan fingerprint density at radius 3 is 2.78 bits per heavy atom. The van der Waals surface area contributed by atoms with Crippen molar-refractivity contribution in [3.8, 4) is 6.07 Å². The van der Waals surface area contributed by atoms with Crippen molar-refractivity contribution in [3.05, 3.63) is 59.4 Å². The molecule has 2 saturated heterocycles. The first kappa shape index (κ1) is 24.1. The second-order valence-electron chi connectivity index (χ2n) is 10.6. The van der Waals surface area contributed by atoms with Gasteiger partial charge in [-0.1, -0.05) is 0 Å². The molecule has 3 aromatic rings. The Morgan fingerprint density at radius 2 is 1.95 bits per heavy atom. The zero-order valence-corrected chi connectivity index (χ0v) is 21.7. The number of piperazine rings is 1. The number of morpholine rings is 1. The minimum Gasteiger partial charge on any atom is -0.370 e. The molecule has 5 heterocycles. The van der Waals surface area contributed by atoms with E-state index in [0.717, 1.165) is 81.2 Å². The predicted molar refractivity (Wildman–Crippen MR) is 146 cm³/mol. The van der Waals surface area contributed by atoms with Gasteiger partial charge in [-0.3, -0.25) is 9.88 Å². The molecule has 8 nitrogen and oxygen atoms in total. The van der Waals surface area contributed by atoms with Crippen LogP contribution in [0.2, 0.25) is 0 Å². The largest absolute Gasteiger partial charge is 0.370 e. The number of aromatic nitrogens is 2. The van der Waals surface area contributed by atoms with Crippen LogP contribution in [0, 0.1) is 11.3 Å². The number of fused-ring (bicyclic) bond motifs is 2. The van der Waals surface area contributed by atoms with Gasteiger partial charge in [-0.15, -0.1) is 0 Å². The number of hydrogen-bond donors (Lipinski definition) is 1. The van der Waals surface area contributed by atoms with Gasteiger partial charge in [-0.05, 0) is 68.3 Å². The molecule has 2 aromatic heterocycles. The number of hydrogen-bond acceptors (Lipinski definition) is 8. The van der Waals surface area contributed by atoms with Gasteiger partial charge in [-0.2, -0.15) is 5.26 Å². The summed E-state index contributed by atoms with van der Waals surface area (Å²) in [7, 11) is 0. The molecule has 1 N–H and O–H groups in total. The van der Waals surface area contributed by atoms with Crippen molar-refractivity contribution in [2.45, 2.75) is 38.5 Å². The van der Waals surface area contributed by atoms with Crippen molar-refractivity contribution in [3.63, 3.8) is 0 Å². The topological polar surface area (TPSA) is 80.6 Å². The second kappa shape index (κ2) is 10.3. The third-order valence-corrected chi connectivity index (χ3v) is 8.01. The van der Waals surface area contributed by atoms with Gasteiger partial charge < -0.3 is 19.9 Å². The molecule has 37 heavy (non-hydrogen) atoms. The van der Waals surface area contributed by atoms with Gasteiger partial charge in [0.1, 0.15) is 11.9 Å². The Balaban J connectivity index is 1.11. The maximum absolute atomic E-state index is 9.52. The van der Waals surface area contributed by atoms with Crippen LogP contribution in [0.15, 0.2) is 42.7 Å². The summed E-state index contributed by atoms with van der Waals surface area (Å²) >= 11 is 0. The van der Waals surface area contributed by atoms with E-state index < -0.39 is 0 Å². The summed E-state index contributed by atoms with van der Waals surface area (Å²) in [4.78, 5) is 16.7. The summed E-state index contributed by atoms with van der Waals surface area (Å²) in [5.41, 5.74) is 5.31. The van der Waals surface area contributed by atoms with Crippen LogP contribution < -0.4 is 15.1 Å². The van der Waals surface area contributed by atoms with Gasteiger partial charge >= 0.3 is 0 Å². The first-order chi connectivity index (χ1) is 18.1. The van der Waals surface area contributed by atoms with E-state index in [9.17, 15) is 5.26 Å². The Kier molecular flexibility index (Phi) is 6.68. The van der Waals surface area contributed by atoms with Crippen molar-refractivity contribution < 1.29 is 4.74 Å². The SMILES string of the molecule is CC1CN(c2ccc(C#N)c3ncccc23)CC(CN2CCN(c3cc4c(cn3)[C@@H](C)NCC4)CC2)O1. The summed E-state index contributed by atoms with van der Waals surface area (Å²) in [5.74, 6) is 1.11. The highest BCUT2D eigenvalue weighted by molar-refractivity contribution is 5.95. The van der Waals surface area contributed by atoms with Crippen LogP contribution in [0.1, 0.15) is 36.6 Å². The molecule has 3 aliphatic rings. The number of pyridine rings is 2. The van der Waals surface area contributed by atoms with E-state index in [1.54, 1.807) is 6.20 Å². The molecule has 0 bridgehead atoms. The van der Waals surface area contributed by atoms with Gasteiger partial charge in [0.15, 0.2) is 0 Å². The average Bonchev–Trinajstić information content (AvgIpc) is 2.92. The van der Waals surface area contributed by atoms with Gasteiger partial charge in [0.05, 0.1) is 23.3 Å². The van der Waals surface area contributed by atoms with E-state index >= 15 is 0 Å². The monoisotopic (exact) mass is 497 g/mol. The molecule has 3 aliphatic heterocycles. The van der Waals surface area contributed by atoms with E-state index in [1.807, 2.05) is 12.1 Å². The lowest BCUT2D eigenvalue weighted by Gasteiger charge is -2.42. The molecular weight excluding hydrogens is 462 g/mol. The van der Waals surface area contributed by atoms with E-state index in [-0.39, 0.29) is 12.2 Å². The number of rotatable bonds is 4. The Morgan fingerprint density at radius 1 is 1.08 bits per heavy atom. The van der Waals surface area contributed by atoms with Gasteiger partial charge in [0, 0.05) is 75.3 Å². The Hall–Kier alpha value is -3.25. The molecule has 1 aromatic carbocycles. The van der Waals surface area contributed by atoms with Gasteiger partial charge in [-0.25, -0.2) is 4.98 Å².